The van der Waals surface area contributed by atoms with E-state index < -0.39 is 24.0 Å². The van der Waals surface area contributed by atoms with E-state index in [9.17, 15) is 9.59 Å². The van der Waals surface area contributed by atoms with Crippen molar-refractivity contribution in [2.45, 2.75) is 39.0 Å². The fourth-order valence-electron chi connectivity index (χ4n) is 1.70. The summed E-state index contributed by atoms with van der Waals surface area (Å²) < 4.78 is 0. The molecular weight excluding hydrogens is 534 g/mol. The SMILES string of the molecule is CC(NCc1ccccn1)C(=O)O.CC(NCc1ccccn1)C(=O)O.[Cl][Cu].[Cl][Cu]. The summed E-state index contributed by atoms with van der Waals surface area (Å²) in [6.45, 7) is 4.17. The van der Waals surface area contributed by atoms with Crippen LogP contribution in [0.3, 0.4) is 0 Å². The predicted molar refractivity (Wildman–Crippen MR) is 108 cm³/mol. The molecule has 2 atom stereocenters. The number of nitrogens with zero attached hydrogens (tertiary/aromatic N) is 2. The summed E-state index contributed by atoms with van der Waals surface area (Å²) in [5.41, 5.74) is 1.69. The van der Waals surface area contributed by atoms with Crippen LogP contribution >= 0.6 is 20.2 Å². The van der Waals surface area contributed by atoms with Crippen LogP contribution < -0.4 is 10.6 Å². The number of nitrogens with one attached hydrogen (secondary N) is 2. The first-order valence-electron chi connectivity index (χ1n) is 8.35. The molecule has 0 bridgehead atoms. The van der Waals surface area contributed by atoms with E-state index >= 15 is 0 Å². The molecule has 0 fully saturated rings. The Labute approximate surface area is 201 Å². The van der Waals surface area contributed by atoms with Gasteiger partial charge in [-0.2, -0.15) is 0 Å². The third-order valence-electron chi connectivity index (χ3n) is 3.37. The number of hydrogen-bond donors (Lipinski definition) is 4. The minimum atomic E-state index is -0.851. The summed E-state index contributed by atoms with van der Waals surface area (Å²) in [4.78, 5) is 29.0. The molecule has 2 rings (SSSR count). The summed E-state index contributed by atoms with van der Waals surface area (Å²) in [6, 6.07) is 10.0. The molecule has 0 saturated carbocycles. The Morgan fingerprint density at radius 2 is 1.17 bits per heavy atom. The zero-order valence-electron chi connectivity index (χ0n) is 16.2. The average Bonchev–Trinajstić information content (AvgIpc) is 2.80. The molecule has 0 aliphatic carbocycles. The maximum atomic E-state index is 10.4. The Balaban J connectivity index is 0. The Kier molecular flexibility index (Phi) is 21.7. The molecule has 0 saturated heterocycles. The van der Waals surface area contributed by atoms with Crippen LogP contribution in [0.5, 0.6) is 0 Å². The Morgan fingerprint density at radius 3 is 1.40 bits per heavy atom. The van der Waals surface area contributed by atoms with Gasteiger partial charge in [-0.25, -0.2) is 0 Å². The molecule has 0 aromatic carbocycles. The molecule has 176 valence electrons. The van der Waals surface area contributed by atoms with E-state index in [1.54, 1.807) is 26.2 Å². The van der Waals surface area contributed by atoms with Crippen LogP contribution in [-0.2, 0) is 52.9 Å². The molecule has 4 N–H and O–H groups in total. The molecule has 2 aromatic heterocycles. The number of hydrogen-bond acceptors (Lipinski definition) is 6. The third kappa shape index (κ3) is 16.6. The van der Waals surface area contributed by atoms with Gasteiger partial charge in [0.05, 0.1) is 11.4 Å². The first-order chi connectivity index (χ1) is 14.4. The summed E-state index contributed by atoms with van der Waals surface area (Å²) in [6.07, 6.45) is 3.37. The Bertz CT molecular complexity index is 629. The van der Waals surface area contributed by atoms with E-state index in [0.717, 1.165) is 11.4 Å². The van der Waals surface area contributed by atoms with Gasteiger partial charge in [0.1, 0.15) is 12.1 Å². The van der Waals surface area contributed by atoms with Gasteiger partial charge >= 0.3 is 62.3 Å². The van der Waals surface area contributed by atoms with Crippen molar-refractivity contribution in [1.82, 2.24) is 20.6 Å². The first-order valence-corrected chi connectivity index (χ1v) is 10.9. The molecule has 8 nitrogen and oxygen atoms in total. The normalized spacial score (nSPS) is 11.2. The summed E-state index contributed by atoms with van der Waals surface area (Å²) in [5, 5.41) is 22.8. The van der Waals surface area contributed by atoms with Gasteiger partial charge in [-0.15, -0.1) is 0 Å². The van der Waals surface area contributed by atoms with Crippen molar-refractivity contribution in [3.63, 3.8) is 0 Å². The van der Waals surface area contributed by atoms with Crippen LogP contribution in [0.15, 0.2) is 48.8 Å². The fraction of sp³-hybridized carbons (Fsp3) is 0.333. The van der Waals surface area contributed by atoms with E-state index in [2.05, 4.69) is 71.0 Å². The molecule has 0 amide bonds. The van der Waals surface area contributed by atoms with Crippen LogP contribution in [0.2, 0.25) is 0 Å². The van der Waals surface area contributed by atoms with Crippen molar-refractivity contribution in [2.75, 3.05) is 0 Å². The number of aromatic nitrogens is 2. The topological polar surface area (TPSA) is 124 Å². The summed E-state index contributed by atoms with van der Waals surface area (Å²) in [7, 11) is 8.40. The molecule has 0 aliphatic heterocycles. The zero-order valence-corrected chi connectivity index (χ0v) is 19.5. The second-order valence-electron chi connectivity index (χ2n) is 5.52. The van der Waals surface area contributed by atoms with E-state index in [1.807, 2.05) is 36.4 Å². The van der Waals surface area contributed by atoms with Crippen molar-refractivity contribution in [2.24, 2.45) is 0 Å². The van der Waals surface area contributed by atoms with Gasteiger partial charge in [-0.05, 0) is 38.1 Å². The number of halogens is 2. The standard InChI is InChI=1S/2C9H12N2O2.2ClH.2Cu/c2*1-7(9(12)13)11-6-8-4-2-3-5-10-8;;;;/h2*2-5,7,11H,6H2,1H3,(H,12,13);2*1H;;/q;;;;2*+1/p-2. The predicted octanol–water partition coefficient (Wildman–Crippen LogP) is 2.66. The molecular formula is C18H24Cl2Cu2N4O4. The molecule has 30 heavy (non-hydrogen) atoms. The van der Waals surface area contributed by atoms with Gasteiger partial charge in [-0.3, -0.25) is 30.2 Å². The minimum absolute atomic E-state index is 0.480. The average molecular weight is 558 g/mol. The molecule has 12 heteroatoms. The summed E-state index contributed by atoms with van der Waals surface area (Å²) in [5.74, 6) is -1.70. The van der Waals surface area contributed by atoms with Crippen molar-refractivity contribution in [3.8, 4) is 0 Å². The van der Waals surface area contributed by atoms with Gasteiger partial charge in [0.2, 0.25) is 0 Å². The second-order valence-corrected chi connectivity index (χ2v) is 5.52. The van der Waals surface area contributed by atoms with E-state index in [-0.39, 0.29) is 0 Å². The molecule has 2 aromatic rings. The van der Waals surface area contributed by atoms with E-state index in [4.69, 9.17) is 10.2 Å². The van der Waals surface area contributed by atoms with Gasteiger partial charge in [0.15, 0.2) is 0 Å². The number of pyridine rings is 2. The van der Waals surface area contributed by atoms with Crippen LogP contribution in [0.25, 0.3) is 0 Å². The van der Waals surface area contributed by atoms with Crippen molar-refractivity contribution >= 4 is 32.1 Å². The molecule has 0 spiro atoms. The van der Waals surface area contributed by atoms with Gasteiger partial charge < -0.3 is 10.2 Å². The Hall–Kier alpha value is -1.22. The number of aliphatic carboxylic acids is 2. The molecule has 2 heterocycles. The van der Waals surface area contributed by atoms with Crippen LogP contribution in [0.1, 0.15) is 25.2 Å². The zero-order chi connectivity index (χ0) is 23.4. The first kappa shape index (κ1) is 31.0. The fourth-order valence-corrected chi connectivity index (χ4v) is 1.70. The maximum absolute atomic E-state index is 10.4. The second kappa shape index (κ2) is 21.0. The van der Waals surface area contributed by atoms with Gasteiger partial charge in [0, 0.05) is 25.5 Å². The number of rotatable bonds is 8. The van der Waals surface area contributed by atoms with Crippen molar-refractivity contribution in [3.05, 3.63) is 60.2 Å². The quantitative estimate of drug-likeness (QED) is 0.365. The van der Waals surface area contributed by atoms with E-state index in [1.165, 1.54) is 0 Å². The van der Waals surface area contributed by atoms with Crippen LogP contribution in [0, 0.1) is 0 Å². The van der Waals surface area contributed by atoms with Crippen molar-refractivity contribution < 1.29 is 50.0 Å². The van der Waals surface area contributed by atoms with E-state index in [0.29, 0.717) is 13.1 Å². The monoisotopic (exact) mass is 556 g/mol. The number of carboxylic acids is 2. The third-order valence-corrected chi connectivity index (χ3v) is 3.37. The Morgan fingerprint density at radius 1 is 0.833 bits per heavy atom. The van der Waals surface area contributed by atoms with Crippen LogP contribution in [0.4, 0.5) is 0 Å². The number of carbonyl (C=O) groups is 2. The molecule has 0 aliphatic rings. The van der Waals surface area contributed by atoms with Crippen molar-refractivity contribution in [1.29, 1.82) is 0 Å². The molecule has 2 unspecified atom stereocenters. The summed E-state index contributed by atoms with van der Waals surface area (Å²) >= 11 is 7.32. The number of carboxylic acid groups (broad SMARTS) is 2. The molecule has 0 radical (unpaired) electrons. The van der Waals surface area contributed by atoms with Gasteiger partial charge in [0.25, 0.3) is 0 Å². The van der Waals surface area contributed by atoms with Gasteiger partial charge in [-0.1, -0.05) is 12.1 Å². The van der Waals surface area contributed by atoms with Crippen LogP contribution in [-0.4, -0.2) is 44.2 Å².